The first-order valence-corrected chi connectivity index (χ1v) is 15.5. The van der Waals surface area contributed by atoms with Crippen LogP contribution in [0.5, 0.6) is 5.75 Å². The SMILES string of the molecule is COCOc1cc([C@@H](CCO[Si](c2ccccc2)(c2ccccc2)C(C)(C)C)CC(=O)C(C)(C)O)ccc1C. The maximum Gasteiger partial charge on any atom is 0.261 e. The average Bonchev–Trinajstić information content (AvgIpc) is 2.89. The van der Waals surface area contributed by atoms with Crippen molar-refractivity contribution in [1.29, 1.82) is 0 Å². The highest BCUT2D eigenvalue weighted by Crippen LogP contribution is 2.38. The Kier molecular flexibility index (Phi) is 10.3. The predicted molar refractivity (Wildman–Crippen MR) is 161 cm³/mol. The van der Waals surface area contributed by atoms with Gasteiger partial charge >= 0.3 is 0 Å². The van der Waals surface area contributed by atoms with Crippen molar-refractivity contribution in [3.05, 3.63) is 90.0 Å². The minimum atomic E-state index is -2.71. The summed E-state index contributed by atoms with van der Waals surface area (Å²) in [6.07, 6.45) is 0.833. The molecule has 0 aliphatic carbocycles. The van der Waals surface area contributed by atoms with Gasteiger partial charge in [0.2, 0.25) is 0 Å². The van der Waals surface area contributed by atoms with Crippen LogP contribution in [0.4, 0.5) is 0 Å². The zero-order chi connectivity index (χ0) is 28.7. The number of benzene rings is 3. The van der Waals surface area contributed by atoms with E-state index in [1.807, 2.05) is 37.3 Å². The lowest BCUT2D eigenvalue weighted by atomic mass is 9.86. The molecule has 3 aromatic rings. The normalized spacial score (nSPS) is 13.2. The van der Waals surface area contributed by atoms with Crippen molar-refractivity contribution >= 4 is 24.5 Å². The highest BCUT2D eigenvalue weighted by Gasteiger charge is 2.50. The number of carbonyl (C=O) groups is 1. The minimum Gasteiger partial charge on any atom is -0.467 e. The number of carbonyl (C=O) groups excluding carboxylic acids is 1. The van der Waals surface area contributed by atoms with E-state index in [-0.39, 0.29) is 30.0 Å². The quantitative estimate of drug-likeness (QED) is 0.217. The van der Waals surface area contributed by atoms with Crippen molar-refractivity contribution in [2.75, 3.05) is 20.5 Å². The Bertz CT molecular complexity index is 1160. The van der Waals surface area contributed by atoms with Gasteiger partial charge in [0.1, 0.15) is 11.4 Å². The van der Waals surface area contributed by atoms with E-state index in [1.165, 1.54) is 10.4 Å². The fourth-order valence-corrected chi connectivity index (χ4v) is 9.70. The zero-order valence-corrected chi connectivity index (χ0v) is 25.5. The molecule has 210 valence electrons. The summed E-state index contributed by atoms with van der Waals surface area (Å²) in [5, 5.41) is 12.7. The third kappa shape index (κ3) is 7.46. The van der Waals surface area contributed by atoms with Crippen molar-refractivity contribution in [3.63, 3.8) is 0 Å². The summed E-state index contributed by atoms with van der Waals surface area (Å²) in [7, 11) is -1.12. The Balaban J connectivity index is 1.98. The van der Waals surface area contributed by atoms with Crippen LogP contribution in [0.2, 0.25) is 5.04 Å². The molecule has 1 N–H and O–H groups in total. The summed E-state index contributed by atoms with van der Waals surface area (Å²) >= 11 is 0. The third-order valence-corrected chi connectivity index (χ3v) is 12.4. The number of Topliss-reactive ketones (excluding diaryl/α,β-unsaturated/α-hetero) is 1. The van der Waals surface area contributed by atoms with Crippen LogP contribution in [0.25, 0.3) is 0 Å². The summed E-state index contributed by atoms with van der Waals surface area (Å²) in [5.74, 6) is 0.383. The molecule has 0 amide bonds. The molecule has 1 atom stereocenters. The number of ketones is 1. The lowest BCUT2D eigenvalue weighted by Gasteiger charge is -2.43. The van der Waals surface area contributed by atoms with E-state index in [0.717, 1.165) is 16.9 Å². The number of rotatable bonds is 13. The second-order valence-corrected chi connectivity index (χ2v) is 16.1. The van der Waals surface area contributed by atoms with Gasteiger partial charge in [-0.15, -0.1) is 0 Å². The summed E-state index contributed by atoms with van der Waals surface area (Å²) < 4.78 is 18.0. The van der Waals surface area contributed by atoms with Crippen molar-refractivity contribution < 1.29 is 23.8 Å². The molecule has 6 heteroatoms. The van der Waals surface area contributed by atoms with Gasteiger partial charge in [-0.1, -0.05) is 93.6 Å². The number of ether oxygens (including phenoxy) is 2. The number of aliphatic hydroxyl groups is 1. The fourth-order valence-electron chi connectivity index (χ4n) is 5.12. The molecule has 0 fully saturated rings. The fraction of sp³-hybridized carbons (Fsp3) is 0.424. The first kappa shape index (κ1) is 30.8. The van der Waals surface area contributed by atoms with E-state index in [9.17, 15) is 9.90 Å². The van der Waals surface area contributed by atoms with E-state index in [2.05, 4.69) is 69.3 Å². The van der Waals surface area contributed by atoms with E-state index < -0.39 is 13.9 Å². The minimum absolute atomic E-state index is 0.140. The van der Waals surface area contributed by atoms with Gasteiger partial charge in [-0.05, 0) is 65.7 Å². The van der Waals surface area contributed by atoms with Gasteiger partial charge in [-0.25, -0.2) is 0 Å². The Hall–Kier alpha value is -2.77. The first-order chi connectivity index (χ1) is 18.4. The molecule has 0 radical (unpaired) electrons. The monoisotopic (exact) mass is 548 g/mol. The standard InChI is InChI=1S/C33H44O5Si/c1-25-18-19-26(22-30(25)37-24-36-7)27(23-31(34)33(5,6)35)20-21-38-39(32(2,3)4,28-14-10-8-11-15-28)29-16-12-9-13-17-29/h8-19,22,27,35H,20-21,23-24H2,1-7H3/t27-/m0/s1. The molecule has 3 aromatic carbocycles. The van der Waals surface area contributed by atoms with Crippen molar-refractivity contribution in [2.24, 2.45) is 0 Å². The maximum absolute atomic E-state index is 13.0. The van der Waals surface area contributed by atoms with Crippen LogP contribution in [0, 0.1) is 6.92 Å². The van der Waals surface area contributed by atoms with Gasteiger partial charge in [0.15, 0.2) is 12.6 Å². The number of aryl methyl sites for hydroxylation is 1. The lowest BCUT2D eigenvalue weighted by Crippen LogP contribution is -2.66. The number of methoxy groups -OCH3 is 1. The molecule has 0 aliphatic rings. The number of hydrogen-bond acceptors (Lipinski definition) is 5. The molecule has 0 aliphatic heterocycles. The molecular weight excluding hydrogens is 504 g/mol. The molecule has 3 rings (SSSR count). The second-order valence-electron chi connectivity index (χ2n) is 11.8. The van der Waals surface area contributed by atoms with Gasteiger partial charge in [0.05, 0.1) is 0 Å². The third-order valence-electron chi connectivity index (χ3n) is 7.33. The number of hydrogen-bond donors (Lipinski definition) is 1. The van der Waals surface area contributed by atoms with E-state index >= 15 is 0 Å². The highest BCUT2D eigenvalue weighted by atomic mass is 28.4. The lowest BCUT2D eigenvalue weighted by molar-refractivity contribution is -0.134. The van der Waals surface area contributed by atoms with Crippen molar-refractivity contribution in [2.45, 2.75) is 70.9 Å². The molecule has 0 bridgehead atoms. The Morgan fingerprint density at radius 1 is 0.897 bits per heavy atom. The van der Waals surface area contributed by atoms with Crippen molar-refractivity contribution in [1.82, 2.24) is 0 Å². The van der Waals surface area contributed by atoms with E-state index in [4.69, 9.17) is 13.9 Å². The summed E-state index contributed by atoms with van der Waals surface area (Å²) in [5.41, 5.74) is 0.569. The van der Waals surface area contributed by atoms with Crippen LogP contribution >= 0.6 is 0 Å². The van der Waals surface area contributed by atoms with Crippen LogP contribution in [0.15, 0.2) is 78.9 Å². The highest BCUT2D eigenvalue weighted by molar-refractivity contribution is 6.99. The molecular formula is C33H44O5Si. The predicted octanol–water partition coefficient (Wildman–Crippen LogP) is 5.76. The Morgan fingerprint density at radius 2 is 1.46 bits per heavy atom. The largest absolute Gasteiger partial charge is 0.467 e. The summed E-state index contributed by atoms with van der Waals surface area (Å²) in [6, 6.07) is 27.1. The Morgan fingerprint density at radius 3 is 1.95 bits per heavy atom. The molecule has 0 unspecified atom stereocenters. The van der Waals surface area contributed by atoms with Crippen LogP contribution < -0.4 is 15.1 Å². The van der Waals surface area contributed by atoms with Gasteiger partial charge in [-0.3, -0.25) is 4.79 Å². The maximum atomic E-state index is 13.0. The first-order valence-electron chi connectivity index (χ1n) is 13.6. The molecule has 0 aromatic heterocycles. The molecule has 5 nitrogen and oxygen atoms in total. The topological polar surface area (TPSA) is 65.0 Å². The smallest absolute Gasteiger partial charge is 0.261 e. The average molecular weight is 549 g/mol. The van der Waals surface area contributed by atoms with Gasteiger partial charge in [0.25, 0.3) is 8.32 Å². The molecule has 0 saturated carbocycles. The molecule has 0 heterocycles. The Labute approximate surface area is 235 Å². The van der Waals surface area contributed by atoms with Gasteiger partial charge < -0.3 is 19.0 Å². The summed E-state index contributed by atoms with van der Waals surface area (Å²) in [4.78, 5) is 13.0. The van der Waals surface area contributed by atoms with Crippen LogP contribution in [0.3, 0.4) is 0 Å². The van der Waals surface area contributed by atoms with Crippen LogP contribution in [-0.4, -0.2) is 45.3 Å². The van der Waals surface area contributed by atoms with Gasteiger partial charge in [0, 0.05) is 20.1 Å². The van der Waals surface area contributed by atoms with Gasteiger partial charge in [-0.2, -0.15) is 0 Å². The van der Waals surface area contributed by atoms with E-state index in [1.54, 1.807) is 21.0 Å². The van der Waals surface area contributed by atoms with Crippen LogP contribution in [0.1, 0.15) is 64.5 Å². The second kappa shape index (κ2) is 13.1. The molecule has 39 heavy (non-hydrogen) atoms. The van der Waals surface area contributed by atoms with Crippen LogP contribution in [-0.2, 0) is 14.0 Å². The molecule has 0 spiro atoms. The zero-order valence-electron chi connectivity index (χ0n) is 24.5. The summed E-state index contributed by atoms with van der Waals surface area (Å²) in [6.45, 7) is 12.5. The van der Waals surface area contributed by atoms with E-state index in [0.29, 0.717) is 13.0 Å². The van der Waals surface area contributed by atoms with Crippen molar-refractivity contribution in [3.8, 4) is 5.75 Å². The molecule has 0 saturated heterocycles.